The van der Waals surface area contributed by atoms with Crippen LogP contribution >= 0.6 is 0 Å². The van der Waals surface area contributed by atoms with Crippen molar-refractivity contribution in [3.8, 4) is 0 Å². The van der Waals surface area contributed by atoms with Crippen molar-refractivity contribution in [3.63, 3.8) is 0 Å². The molecular formula is C15H24O2. The molecule has 0 aliphatic heterocycles. The Kier molecular flexibility index (Phi) is 7.69. The van der Waals surface area contributed by atoms with Crippen molar-refractivity contribution in [2.24, 2.45) is 0 Å². The van der Waals surface area contributed by atoms with Gasteiger partial charge in [-0.1, -0.05) is 30.3 Å². The molecule has 0 amide bonds. The SMILES string of the molecule is CC(O)CCCCOCCCc1ccccc1. The number of ether oxygens (including phenoxy) is 1. The van der Waals surface area contributed by atoms with Gasteiger partial charge in [0.25, 0.3) is 0 Å². The molecule has 1 rings (SSSR count). The van der Waals surface area contributed by atoms with Crippen molar-refractivity contribution >= 4 is 0 Å². The van der Waals surface area contributed by atoms with Crippen LogP contribution in [0.1, 0.15) is 38.2 Å². The van der Waals surface area contributed by atoms with E-state index in [1.54, 1.807) is 0 Å². The van der Waals surface area contributed by atoms with E-state index < -0.39 is 0 Å². The molecule has 1 aromatic rings. The van der Waals surface area contributed by atoms with Crippen molar-refractivity contribution in [3.05, 3.63) is 35.9 Å². The molecule has 1 atom stereocenters. The molecule has 0 bridgehead atoms. The van der Waals surface area contributed by atoms with Gasteiger partial charge >= 0.3 is 0 Å². The molecule has 0 aliphatic carbocycles. The predicted octanol–water partition coefficient (Wildman–Crippen LogP) is 3.19. The minimum atomic E-state index is -0.173. The third-order valence-corrected chi connectivity index (χ3v) is 2.76. The zero-order valence-electron chi connectivity index (χ0n) is 10.8. The van der Waals surface area contributed by atoms with Crippen LogP contribution in [-0.4, -0.2) is 24.4 Å². The number of hydrogen-bond donors (Lipinski definition) is 1. The highest BCUT2D eigenvalue weighted by molar-refractivity contribution is 5.14. The second-order valence-corrected chi connectivity index (χ2v) is 4.55. The summed E-state index contributed by atoms with van der Waals surface area (Å²) in [6.07, 6.45) is 4.99. The number of unbranched alkanes of at least 4 members (excludes halogenated alkanes) is 1. The highest BCUT2D eigenvalue weighted by Gasteiger charge is 1.96. The average Bonchev–Trinajstić information content (AvgIpc) is 2.33. The Labute approximate surface area is 105 Å². The lowest BCUT2D eigenvalue weighted by Crippen LogP contribution is -2.02. The quantitative estimate of drug-likeness (QED) is 0.667. The first-order valence-electron chi connectivity index (χ1n) is 6.59. The Morgan fingerprint density at radius 3 is 2.47 bits per heavy atom. The van der Waals surface area contributed by atoms with Gasteiger partial charge in [-0.15, -0.1) is 0 Å². The monoisotopic (exact) mass is 236 g/mol. The third-order valence-electron chi connectivity index (χ3n) is 2.76. The number of aryl methyl sites for hydroxylation is 1. The molecule has 0 saturated heterocycles. The first-order valence-corrected chi connectivity index (χ1v) is 6.59. The molecule has 96 valence electrons. The van der Waals surface area contributed by atoms with Crippen molar-refractivity contribution in [2.75, 3.05) is 13.2 Å². The Morgan fingerprint density at radius 2 is 1.76 bits per heavy atom. The summed E-state index contributed by atoms with van der Waals surface area (Å²) < 4.78 is 5.56. The van der Waals surface area contributed by atoms with Crippen LogP contribution in [0.3, 0.4) is 0 Å². The van der Waals surface area contributed by atoms with Gasteiger partial charge in [-0.3, -0.25) is 0 Å². The molecule has 17 heavy (non-hydrogen) atoms. The van der Waals surface area contributed by atoms with E-state index in [0.717, 1.165) is 45.3 Å². The topological polar surface area (TPSA) is 29.5 Å². The number of aliphatic hydroxyl groups excluding tert-OH is 1. The molecule has 2 heteroatoms. The summed E-state index contributed by atoms with van der Waals surface area (Å²) in [4.78, 5) is 0. The van der Waals surface area contributed by atoms with E-state index in [1.165, 1.54) is 5.56 Å². The van der Waals surface area contributed by atoms with Gasteiger partial charge in [-0.2, -0.15) is 0 Å². The zero-order chi connectivity index (χ0) is 12.3. The van der Waals surface area contributed by atoms with E-state index in [1.807, 2.05) is 13.0 Å². The Balaban J connectivity index is 1.88. The first-order chi connectivity index (χ1) is 8.29. The minimum Gasteiger partial charge on any atom is -0.393 e. The maximum Gasteiger partial charge on any atom is 0.0512 e. The molecule has 0 radical (unpaired) electrons. The highest BCUT2D eigenvalue weighted by Crippen LogP contribution is 2.03. The van der Waals surface area contributed by atoms with Crippen molar-refractivity contribution in [2.45, 2.75) is 45.1 Å². The number of hydrogen-bond acceptors (Lipinski definition) is 2. The van der Waals surface area contributed by atoms with E-state index in [4.69, 9.17) is 9.84 Å². The van der Waals surface area contributed by atoms with Crippen LogP contribution in [0.4, 0.5) is 0 Å². The largest absolute Gasteiger partial charge is 0.393 e. The number of rotatable bonds is 9. The van der Waals surface area contributed by atoms with Crippen molar-refractivity contribution in [1.82, 2.24) is 0 Å². The van der Waals surface area contributed by atoms with Crippen LogP contribution in [0, 0.1) is 0 Å². The lowest BCUT2D eigenvalue weighted by atomic mass is 10.1. The van der Waals surface area contributed by atoms with E-state index in [-0.39, 0.29) is 6.10 Å². The average molecular weight is 236 g/mol. The maximum atomic E-state index is 9.08. The minimum absolute atomic E-state index is 0.173. The molecule has 0 saturated carbocycles. The molecule has 2 nitrogen and oxygen atoms in total. The maximum absolute atomic E-state index is 9.08. The van der Waals surface area contributed by atoms with Gasteiger partial charge in [0.2, 0.25) is 0 Å². The van der Waals surface area contributed by atoms with Crippen LogP contribution in [0.15, 0.2) is 30.3 Å². The van der Waals surface area contributed by atoms with Crippen LogP contribution < -0.4 is 0 Å². The molecule has 1 N–H and O–H groups in total. The summed E-state index contributed by atoms with van der Waals surface area (Å²) >= 11 is 0. The second-order valence-electron chi connectivity index (χ2n) is 4.55. The molecule has 0 aliphatic rings. The molecule has 0 aromatic heterocycles. The highest BCUT2D eigenvalue weighted by atomic mass is 16.5. The first kappa shape index (κ1) is 14.2. The molecule has 0 fully saturated rings. The Morgan fingerprint density at radius 1 is 1.06 bits per heavy atom. The van der Waals surface area contributed by atoms with Crippen LogP contribution in [0.2, 0.25) is 0 Å². The molecule has 0 heterocycles. The Hall–Kier alpha value is -0.860. The fourth-order valence-electron chi connectivity index (χ4n) is 1.77. The summed E-state index contributed by atoms with van der Waals surface area (Å²) in [5.41, 5.74) is 1.38. The molecular weight excluding hydrogens is 212 g/mol. The van der Waals surface area contributed by atoms with Gasteiger partial charge in [-0.05, 0) is 44.6 Å². The number of benzene rings is 1. The van der Waals surface area contributed by atoms with Crippen molar-refractivity contribution < 1.29 is 9.84 Å². The van der Waals surface area contributed by atoms with Gasteiger partial charge in [-0.25, -0.2) is 0 Å². The fourth-order valence-corrected chi connectivity index (χ4v) is 1.77. The predicted molar refractivity (Wildman–Crippen MR) is 71.1 cm³/mol. The van der Waals surface area contributed by atoms with Gasteiger partial charge < -0.3 is 9.84 Å². The van der Waals surface area contributed by atoms with Crippen LogP contribution in [-0.2, 0) is 11.2 Å². The van der Waals surface area contributed by atoms with E-state index in [0.29, 0.717) is 0 Å². The van der Waals surface area contributed by atoms with Gasteiger partial charge in [0.1, 0.15) is 0 Å². The lowest BCUT2D eigenvalue weighted by molar-refractivity contribution is 0.121. The summed E-state index contributed by atoms with van der Waals surface area (Å²) in [7, 11) is 0. The van der Waals surface area contributed by atoms with Crippen LogP contribution in [0.25, 0.3) is 0 Å². The summed E-state index contributed by atoms with van der Waals surface area (Å²) in [5.74, 6) is 0. The normalized spacial score (nSPS) is 12.6. The van der Waals surface area contributed by atoms with Gasteiger partial charge in [0.05, 0.1) is 6.10 Å². The van der Waals surface area contributed by atoms with E-state index in [9.17, 15) is 0 Å². The second kappa shape index (κ2) is 9.20. The van der Waals surface area contributed by atoms with Gasteiger partial charge in [0, 0.05) is 13.2 Å². The van der Waals surface area contributed by atoms with E-state index in [2.05, 4.69) is 24.3 Å². The van der Waals surface area contributed by atoms with Gasteiger partial charge in [0.15, 0.2) is 0 Å². The fraction of sp³-hybridized carbons (Fsp3) is 0.600. The summed E-state index contributed by atoms with van der Waals surface area (Å²) in [6, 6.07) is 10.5. The summed E-state index contributed by atoms with van der Waals surface area (Å²) in [6.45, 7) is 3.49. The molecule has 1 unspecified atom stereocenters. The molecule has 0 spiro atoms. The Bertz CT molecular complexity index is 270. The van der Waals surface area contributed by atoms with Crippen LogP contribution in [0.5, 0.6) is 0 Å². The van der Waals surface area contributed by atoms with E-state index >= 15 is 0 Å². The lowest BCUT2D eigenvalue weighted by Gasteiger charge is -2.05. The zero-order valence-corrected chi connectivity index (χ0v) is 10.8. The van der Waals surface area contributed by atoms with Crippen molar-refractivity contribution in [1.29, 1.82) is 0 Å². The standard InChI is InChI=1S/C15H24O2/c1-14(16)8-5-6-12-17-13-7-11-15-9-3-2-4-10-15/h2-4,9-10,14,16H,5-8,11-13H2,1H3. The third kappa shape index (κ3) is 7.94. The molecule has 1 aromatic carbocycles. The number of aliphatic hydroxyl groups is 1. The smallest absolute Gasteiger partial charge is 0.0512 e. The summed E-state index contributed by atoms with van der Waals surface area (Å²) in [5, 5.41) is 9.08.